The highest BCUT2D eigenvalue weighted by Gasteiger charge is 2.30. The number of hydrogen-bond donors (Lipinski definition) is 2. The first-order valence-electron chi connectivity index (χ1n) is 7.55. The van der Waals surface area contributed by atoms with Crippen LogP contribution in [0.25, 0.3) is 10.9 Å². The van der Waals surface area contributed by atoms with Crippen LogP contribution in [0.15, 0.2) is 54.7 Å². The molecule has 2 N–H and O–H groups in total. The highest BCUT2D eigenvalue weighted by atomic mass is 19.4. The number of pyridine rings is 1. The summed E-state index contributed by atoms with van der Waals surface area (Å²) >= 11 is 0. The van der Waals surface area contributed by atoms with Gasteiger partial charge in [0.25, 0.3) is 0 Å². The first-order chi connectivity index (χ1) is 12.4. The second-order valence-electron chi connectivity index (χ2n) is 5.40. The molecule has 0 saturated carbocycles. The van der Waals surface area contributed by atoms with E-state index in [0.717, 1.165) is 12.1 Å². The second-order valence-corrected chi connectivity index (χ2v) is 5.40. The van der Waals surface area contributed by atoms with Gasteiger partial charge in [-0.2, -0.15) is 13.2 Å². The molecule has 134 valence electrons. The smallest absolute Gasteiger partial charge is 0.416 e. The standard InChI is InChI=1S/C18H14F3N3O2/c1-26-13-5-6-14-15(7-8-22-16(14)10-13)24-17(25)23-12-4-2-3-11(9-12)18(19,20)21/h2-10H,1H3,(H2,22,23,24,25). The lowest BCUT2D eigenvalue weighted by Crippen LogP contribution is -2.20. The van der Waals surface area contributed by atoms with Crippen molar-refractivity contribution in [1.82, 2.24) is 4.98 Å². The maximum atomic E-state index is 12.7. The number of anilines is 2. The molecule has 0 bridgehead atoms. The Morgan fingerprint density at radius 3 is 2.62 bits per heavy atom. The second kappa shape index (κ2) is 6.91. The Morgan fingerprint density at radius 1 is 1.08 bits per heavy atom. The Morgan fingerprint density at radius 2 is 1.88 bits per heavy atom. The molecule has 0 unspecified atom stereocenters. The third-order valence-corrected chi connectivity index (χ3v) is 3.65. The lowest BCUT2D eigenvalue weighted by molar-refractivity contribution is -0.137. The Labute approximate surface area is 146 Å². The molecule has 0 saturated heterocycles. The molecule has 0 radical (unpaired) electrons. The number of halogens is 3. The number of rotatable bonds is 3. The van der Waals surface area contributed by atoms with E-state index >= 15 is 0 Å². The van der Waals surface area contributed by atoms with E-state index < -0.39 is 17.8 Å². The summed E-state index contributed by atoms with van der Waals surface area (Å²) in [7, 11) is 1.53. The molecule has 0 aliphatic carbocycles. The first kappa shape index (κ1) is 17.5. The van der Waals surface area contributed by atoms with Crippen LogP contribution >= 0.6 is 0 Å². The number of hydrogen-bond acceptors (Lipinski definition) is 3. The van der Waals surface area contributed by atoms with Gasteiger partial charge in [0.05, 0.1) is 23.9 Å². The van der Waals surface area contributed by atoms with E-state index in [9.17, 15) is 18.0 Å². The Hall–Kier alpha value is -3.29. The highest BCUT2D eigenvalue weighted by Crippen LogP contribution is 2.31. The molecule has 0 aliphatic heterocycles. The van der Waals surface area contributed by atoms with Crippen LogP contribution in [0.4, 0.5) is 29.3 Å². The molecule has 26 heavy (non-hydrogen) atoms. The summed E-state index contributed by atoms with van der Waals surface area (Å²) in [4.78, 5) is 16.4. The van der Waals surface area contributed by atoms with Crippen LogP contribution in [0, 0.1) is 0 Å². The van der Waals surface area contributed by atoms with Gasteiger partial charge < -0.3 is 15.4 Å². The Balaban J connectivity index is 1.80. The molecular formula is C18H14F3N3O2. The van der Waals surface area contributed by atoms with Crippen LogP contribution in [0.5, 0.6) is 5.75 Å². The number of fused-ring (bicyclic) bond motifs is 1. The largest absolute Gasteiger partial charge is 0.497 e. The van der Waals surface area contributed by atoms with Crippen molar-refractivity contribution in [1.29, 1.82) is 0 Å². The lowest BCUT2D eigenvalue weighted by atomic mass is 10.2. The number of aromatic nitrogens is 1. The summed E-state index contributed by atoms with van der Waals surface area (Å²) in [5.74, 6) is 0.621. The average molecular weight is 361 g/mol. The quantitative estimate of drug-likeness (QED) is 0.697. The predicted molar refractivity (Wildman–Crippen MR) is 92.4 cm³/mol. The zero-order valence-electron chi connectivity index (χ0n) is 13.6. The van der Waals surface area contributed by atoms with Gasteiger partial charge in [-0.05, 0) is 36.4 Å². The number of methoxy groups -OCH3 is 1. The van der Waals surface area contributed by atoms with E-state index in [1.807, 2.05) is 0 Å². The zero-order chi connectivity index (χ0) is 18.7. The Bertz CT molecular complexity index is 958. The van der Waals surface area contributed by atoms with Gasteiger partial charge in [0.1, 0.15) is 5.75 Å². The van der Waals surface area contributed by atoms with Crippen molar-refractivity contribution in [3.63, 3.8) is 0 Å². The third kappa shape index (κ3) is 3.85. The van der Waals surface area contributed by atoms with E-state index in [4.69, 9.17) is 4.74 Å². The summed E-state index contributed by atoms with van der Waals surface area (Å²) < 4.78 is 43.4. The van der Waals surface area contributed by atoms with Crippen molar-refractivity contribution in [2.24, 2.45) is 0 Å². The molecule has 5 nitrogen and oxygen atoms in total. The molecule has 3 rings (SSSR count). The molecular weight excluding hydrogens is 347 g/mol. The summed E-state index contributed by atoms with van der Waals surface area (Å²) in [6.07, 6.45) is -2.96. The minimum atomic E-state index is -4.48. The SMILES string of the molecule is COc1ccc2c(NC(=O)Nc3cccc(C(F)(F)F)c3)ccnc2c1. The van der Waals surface area contributed by atoms with Gasteiger partial charge in [-0.3, -0.25) is 4.98 Å². The number of amides is 2. The summed E-state index contributed by atoms with van der Waals surface area (Å²) in [5.41, 5.74) is 0.289. The number of nitrogens with zero attached hydrogens (tertiary/aromatic N) is 1. The van der Waals surface area contributed by atoms with Crippen LogP contribution in [0.2, 0.25) is 0 Å². The van der Waals surface area contributed by atoms with Gasteiger partial charge in [-0.1, -0.05) is 6.07 Å². The van der Waals surface area contributed by atoms with E-state index in [1.54, 1.807) is 24.3 Å². The highest BCUT2D eigenvalue weighted by molar-refractivity contribution is 6.05. The number of alkyl halides is 3. The van der Waals surface area contributed by atoms with Crippen molar-refractivity contribution in [2.75, 3.05) is 17.7 Å². The molecule has 0 fully saturated rings. The van der Waals surface area contributed by atoms with Crippen molar-refractivity contribution in [3.05, 3.63) is 60.3 Å². The van der Waals surface area contributed by atoms with Crippen molar-refractivity contribution >= 4 is 28.3 Å². The molecule has 0 aliphatic rings. The summed E-state index contributed by atoms with van der Waals surface area (Å²) in [6, 6.07) is 10.5. The number of nitrogens with one attached hydrogen (secondary N) is 2. The third-order valence-electron chi connectivity index (χ3n) is 3.65. The molecule has 2 aromatic carbocycles. The fourth-order valence-corrected chi connectivity index (χ4v) is 2.42. The topological polar surface area (TPSA) is 63.2 Å². The van der Waals surface area contributed by atoms with Gasteiger partial charge in [0, 0.05) is 23.3 Å². The van der Waals surface area contributed by atoms with Crippen LogP contribution in [-0.2, 0) is 6.18 Å². The summed E-state index contributed by atoms with van der Waals surface area (Å²) in [5, 5.41) is 5.69. The molecule has 8 heteroatoms. The van der Waals surface area contributed by atoms with Gasteiger partial charge in [0.2, 0.25) is 0 Å². The minimum Gasteiger partial charge on any atom is -0.497 e. The number of carbonyl (C=O) groups excluding carboxylic acids is 1. The van der Waals surface area contributed by atoms with Crippen molar-refractivity contribution in [3.8, 4) is 5.75 Å². The first-order valence-corrected chi connectivity index (χ1v) is 7.55. The molecule has 3 aromatic rings. The van der Waals surface area contributed by atoms with Gasteiger partial charge in [0.15, 0.2) is 0 Å². The molecule has 2 amide bonds. The van der Waals surface area contributed by atoms with Crippen molar-refractivity contribution in [2.45, 2.75) is 6.18 Å². The van der Waals surface area contributed by atoms with E-state index in [2.05, 4.69) is 15.6 Å². The van der Waals surface area contributed by atoms with E-state index in [1.165, 1.54) is 25.4 Å². The minimum absolute atomic E-state index is 0.0392. The lowest BCUT2D eigenvalue weighted by Gasteiger charge is -2.12. The molecule has 1 aromatic heterocycles. The Kier molecular flexibility index (Phi) is 4.66. The van der Waals surface area contributed by atoms with E-state index in [0.29, 0.717) is 22.3 Å². The number of carbonyl (C=O) groups is 1. The maximum absolute atomic E-state index is 12.7. The van der Waals surface area contributed by atoms with Crippen LogP contribution in [0.3, 0.4) is 0 Å². The van der Waals surface area contributed by atoms with Crippen LogP contribution < -0.4 is 15.4 Å². The van der Waals surface area contributed by atoms with E-state index in [-0.39, 0.29) is 5.69 Å². The van der Waals surface area contributed by atoms with Gasteiger partial charge >= 0.3 is 12.2 Å². The van der Waals surface area contributed by atoms with Crippen LogP contribution in [0.1, 0.15) is 5.56 Å². The zero-order valence-corrected chi connectivity index (χ0v) is 13.6. The van der Waals surface area contributed by atoms with Crippen LogP contribution in [-0.4, -0.2) is 18.1 Å². The molecule has 1 heterocycles. The molecule has 0 atom stereocenters. The fourth-order valence-electron chi connectivity index (χ4n) is 2.42. The average Bonchev–Trinajstić information content (AvgIpc) is 2.61. The van der Waals surface area contributed by atoms with Crippen molar-refractivity contribution < 1.29 is 22.7 Å². The normalized spacial score (nSPS) is 11.2. The predicted octanol–water partition coefficient (Wildman–Crippen LogP) is 4.91. The van der Waals surface area contributed by atoms with Gasteiger partial charge in [-0.15, -0.1) is 0 Å². The maximum Gasteiger partial charge on any atom is 0.416 e. The molecule has 0 spiro atoms. The van der Waals surface area contributed by atoms with Gasteiger partial charge in [-0.25, -0.2) is 4.79 Å². The number of urea groups is 1. The number of ether oxygens (including phenoxy) is 1. The fraction of sp³-hybridized carbons (Fsp3) is 0.111. The summed E-state index contributed by atoms with van der Waals surface area (Å²) in [6.45, 7) is 0. The monoisotopic (exact) mass is 361 g/mol. The number of benzene rings is 2.